The van der Waals surface area contributed by atoms with Crippen LogP contribution in [-0.4, -0.2) is 15.6 Å². The number of aryl methyl sites for hydroxylation is 1. The molecule has 0 radical (unpaired) electrons. The number of nitrogens with zero attached hydrogens (tertiary/aromatic N) is 2. The van der Waals surface area contributed by atoms with Gasteiger partial charge in [-0.1, -0.05) is 13.8 Å². The molecule has 1 aromatic rings. The number of hydrogen-bond donors (Lipinski definition) is 0. The van der Waals surface area contributed by atoms with Crippen LogP contribution in [0.2, 0.25) is 0 Å². The quantitative estimate of drug-likeness (QED) is 0.667. The Morgan fingerprint density at radius 1 is 1.62 bits per heavy atom. The molecular weight excluding hydrogens is 164 g/mol. The van der Waals surface area contributed by atoms with E-state index in [1.165, 1.54) is 0 Å². The predicted molar refractivity (Wildman–Crippen MR) is 51.8 cm³/mol. The summed E-state index contributed by atoms with van der Waals surface area (Å²) in [4.78, 5) is 11.1. The second-order valence-corrected chi connectivity index (χ2v) is 3.80. The van der Waals surface area contributed by atoms with E-state index in [4.69, 9.17) is 0 Å². The first-order chi connectivity index (χ1) is 6.00. The van der Waals surface area contributed by atoms with E-state index in [0.717, 1.165) is 17.8 Å². The maximum Gasteiger partial charge on any atom is 0.163 e. The van der Waals surface area contributed by atoms with Gasteiger partial charge in [0, 0.05) is 12.7 Å². The monoisotopic (exact) mass is 180 g/mol. The van der Waals surface area contributed by atoms with E-state index in [9.17, 15) is 4.79 Å². The summed E-state index contributed by atoms with van der Waals surface area (Å²) in [6.07, 6.45) is 1.83. The molecule has 0 unspecified atom stereocenters. The Labute approximate surface area is 78.8 Å². The largest absolute Gasteiger partial charge is 0.294 e. The SMILES string of the molecule is CC(=O)c1cn(CC(C)C)nc1C. The molecule has 0 saturated heterocycles. The van der Waals surface area contributed by atoms with Gasteiger partial charge in [0.2, 0.25) is 0 Å². The van der Waals surface area contributed by atoms with Crippen molar-refractivity contribution in [3.05, 3.63) is 17.5 Å². The van der Waals surface area contributed by atoms with Gasteiger partial charge >= 0.3 is 0 Å². The van der Waals surface area contributed by atoms with Crippen LogP contribution in [-0.2, 0) is 6.54 Å². The lowest BCUT2D eigenvalue weighted by Crippen LogP contribution is -2.04. The Balaban J connectivity index is 2.89. The summed E-state index contributed by atoms with van der Waals surface area (Å²) < 4.78 is 1.84. The average Bonchev–Trinajstić information content (AvgIpc) is 2.29. The summed E-state index contributed by atoms with van der Waals surface area (Å²) in [5, 5.41) is 4.27. The van der Waals surface area contributed by atoms with Crippen LogP contribution >= 0.6 is 0 Å². The van der Waals surface area contributed by atoms with Crippen molar-refractivity contribution in [2.45, 2.75) is 34.2 Å². The summed E-state index contributed by atoms with van der Waals surface area (Å²) >= 11 is 0. The molecular formula is C10H16N2O. The van der Waals surface area contributed by atoms with Crippen LogP contribution in [0.25, 0.3) is 0 Å². The van der Waals surface area contributed by atoms with Crippen LogP contribution in [0.5, 0.6) is 0 Å². The molecule has 1 rings (SSSR count). The minimum absolute atomic E-state index is 0.0903. The summed E-state index contributed by atoms with van der Waals surface area (Å²) in [6, 6.07) is 0. The maximum absolute atomic E-state index is 11.1. The third kappa shape index (κ3) is 2.41. The molecule has 0 N–H and O–H groups in total. The smallest absolute Gasteiger partial charge is 0.163 e. The fourth-order valence-corrected chi connectivity index (χ4v) is 1.33. The molecule has 13 heavy (non-hydrogen) atoms. The van der Waals surface area contributed by atoms with Crippen LogP contribution in [0.4, 0.5) is 0 Å². The van der Waals surface area contributed by atoms with E-state index in [2.05, 4.69) is 18.9 Å². The highest BCUT2D eigenvalue weighted by atomic mass is 16.1. The molecule has 0 amide bonds. The summed E-state index contributed by atoms with van der Waals surface area (Å²) in [6.45, 7) is 8.57. The number of rotatable bonds is 3. The Kier molecular flexibility index (Phi) is 2.86. The van der Waals surface area contributed by atoms with Crippen LogP contribution in [0, 0.1) is 12.8 Å². The summed E-state index contributed by atoms with van der Waals surface area (Å²) in [7, 11) is 0. The first kappa shape index (κ1) is 9.96. The molecule has 0 fully saturated rings. The first-order valence-electron chi connectivity index (χ1n) is 4.55. The second-order valence-electron chi connectivity index (χ2n) is 3.80. The molecule has 0 aliphatic carbocycles. The first-order valence-corrected chi connectivity index (χ1v) is 4.55. The van der Waals surface area contributed by atoms with E-state index in [0.29, 0.717) is 5.92 Å². The zero-order valence-electron chi connectivity index (χ0n) is 8.66. The van der Waals surface area contributed by atoms with E-state index in [1.807, 2.05) is 17.8 Å². The zero-order valence-corrected chi connectivity index (χ0v) is 8.66. The van der Waals surface area contributed by atoms with Gasteiger partial charge in [0.25, 0.3) is 0 Å². The highest BCUT2D eigenvalue weighted by Crippen LogP contribution is 2.08. The van der Waals surface area contributed by atoms with Crippen LogP contribution < -0.4 is 0 Å². The number of carbonyl (C=O) groups is 1. The molecule has 72 valence electrons. The number of ketones is 1. The Hall–Kier alpha value is -1.12. The third-order valence-electron chi connectivity index (χ3n) is 1.88. The molecule has 1 heterocycles. The fraction of sp³-hybridized carbons (Fsp3) is 0.600. The summed E-state index contributed by atoms with van der Waals surface area (Å²) in [5.74, 6) is 0.645. The van der Waals surface area contributed by atoms with E-state index in [1.54, 1.807) is 6.92 Å². The normalized spacial score (nSPS) is 10.8. The van der Waals surface area contributed by atoms with Gasteiger partial charge in [-0.2, -0.15) is 5.10 Å². The van der Waals surface area contributed by atoms with E-state index in [-0.39, 0.29) is 5.78 Å². The topological polar surface area (TPSA) is 34.9 Å². The lowest BCUT2D eigenvalue weighted by Gasteiger charge is -2.03. The van der Waals surface area contributed by atoms with Gasteiger partial charge in [-0.05, 0) is 19.8 Å². The van der Waals surface area contributed by atoms with Crippen molar-refractivity contribution < 1.29 is 4.79 Å². The molecule has 0 spiro atoms. The van der Waals surface area contributed by atoms with Gasteiger partial charge in [-0.15, -0.1) is 0 Å². The van der Waals surface area contributed by atoms with Crippen molar-refractivity contribution in [1.29, 1.82) is 0 Å². The lowest BCUT2D eigenvalue weighted by atomic mass is 10.2. The Morgan fingerprint density at radius 3 is 2.62 bits per heavy atom. The van der Waals surface area contributed by atoms with Crippen molar-refractivity contribution >= 4 is 5.78 Å². The highest BCUT2D eigenvalue weighted by molar-refractivity contribution is 5.94. The molecule has 0 aliphatic rings. The van der Waals surface area contributed by atoms with Gasteiger partial charge in [-0.3, -0.25) is 9.48 Å². The zero-order chi connectivity index (χ0) is 10.0. The maximum atomic E-state index is 11.1. The molecule has 0 bridgehead atoms. The Bertz CT molecular complexity index is 313. The fourth-order valence-electron chi connectivity index (χ4n) is 1.33. The van der Waals surface area contributed by atoms with E-state index >= 15 is 0 Å². The molecule has 0 atom stereocenters. The van der Waals surface area contributed by atoms with Gasteiger partial charge in [0.15, 0.2) is 5.78 Å². The lowest BCUT2D eigenvalue weighted by molar-refractivity contribution is 0.101. The third-order valence-corrected chi connectivity index (χ3v) is 1.88. The number of carbonyl (C=O) groups excluding carboxylic acids is 1. The molecule has 0 aromatic carbocycles. The standard InChI is InChI=1S/C10H16N2O/c1-7(2)5-12-6-10(9(4)13)8(3)11-12/h6-7H,5H2,1-4H3. The second kappa shape index (κ2) is 3.73. The van der Waals surface area contributed by atoms with E-state index < -0.39 is 0 Å². The van der Waals surface area contributed by atoms with Gasteiger partial charge in [0.1, 0.15) is 0 Å². The minimum atomic E-state index is 0.0903. The van der Waals surface area contributed by atoms with Crippen LogP contribution in [0.1, 0.15) is 36.8 Å². The highest BCUT2D eigenvalue weighted by Gasteiger charge is 2.09. The van der Waals surface area contributed by atoms with Crippen molar-refractivity contribution in [3.63, 3.8) is 0 Å². The van der Waals surface area contributed by atoms with Crippen molar-refractivity contribution in [3.8, 4) is 0 Å². The number of aromatic nitrogens is 2. The molecule has 0 saturated carbocycles. The van der Waals surface area contributed by atoms with Gasteiger partial charge < -0.3 is 0 Å². The van der Waals surface area contributed by atoms with Crippen LogP contribution in [0.3, 0.4) is 0 Å². The molecule has 3 heteroatoms. The molecule has 0 aliphatic heterocycles. The minimum Gasteiger partial charge on any atom is -0.294 e. The van der Waals surface area contributed by atoms with Gasteiger partial charge in [0.05, 0.1) is 11.3 Å². The average molecular weight is 180 g/mol. The molecule has 3 nitrogen and oxygen atoms in total. The predicted octanol–water partition coefficient (Wildman–Crippen LogP) is 2.05. The van der Waals surface area contributed by atoms with Gasteiger partial charge in [-0.25, -0.2) is 0 Å². The van der Waals surface area contributed by atoms with Crippen molar-refractivity contribution in [2.75, 3.05) is 0 Å². The summed E-state index contributed by atoms with van der Waals surface area (Å²) in [5.41, 5.74) is 1.56. The Morgan fingerprint density at radius 2 is 2.23 bits per heavy atom. The van der Waals surface area contributed by atoms with Crippen molar-refractivity contribution in [2.24, 2.45) is 5.92 Å². The number of Topliss-reactive ketones (excluding diaryl/α,β-unsaturated/α-hetero) is 1. The van der Waals surface area contributed by atoms with Crippen LogP contribution in [0.15, 0.2) is 6.20 Å². The van der Waals surface area contributed by atoms with Crippen molar-refractivity contribution in [1.82, 2.24) is 9.78 Å². The number of hydrogen-bond acceptors (Lipinski definition) is 2. The molecule has 1 aromatic heterocycles.